The van der Waals surface area contributed by atoms with E-state index in [4.69, 9.17) is 0 Å². The fourth-order valence-electron chi connectivity index (χ4n) is 3.95. The van der Waals surface area contributed by atoms with E-state index in [0.29, 0.717) is 5.41 Å². The van der Waals surface area contributed by atoms with Gasteiger partial charge in [-0.15, -0.1) is 0 Å². The first kappa shape index (κ1) is 10.1. The third kappa shape index (κ3) is 1.45. The highest BCUT2D eigenvalue weighted by molar-refractivity contribution is 5.07. The van der Waals surface area contributed by atoms with Crippen LogP contribution in [0, 0.1) is 5.41 Å². The highest BCUT2D eigenvalue weighted by Crippen LogP contribution is 2.51. The minimum atomic E-state index is 0.694. The Morgan fingerprint density at radius 3 is 2.40 bits per heavy atom. The summed E-state index contributed by atoms with van der Waals surface area (Å²) in [5.41, 5.74) is 0.694. The summed E-state index contributed by atoms with van der Waals surface area (Å²) in [7, 11) is 4.67. The van der Waals surface area contributed by atoms with Crippen molar-refractivity contribution >= 4 is 0 Å². The molecule has 0 N–H and O–H groups in total. The molecule has 2 aliphatic carbocycles. The van der Waals surface area contributed by atoms with Gasteiger partial charge in [0.05, 0.1) is 0 Å². The average Bonchev–Trinajstić information content (AvgIpc) is 2.44. The number of hydrogen-bond donors (Lipinski definition) is 0. The Hall–Kier alpha value is -0.0800. The lowest BCUT2D eigenvalue weighted by Gasteiger charge is -2.55. The molecule has 3 aliphatic rings. The zero-order chi connectivity index (χ0) is 10.5. The van der Waals surface area contributed by atoms with Gasteiger partial charge in [-0.3, -0.25) is 4.90 Å². The quantitative estimate of drug-likeness (QED) is 0.684. The number of hydrogen-bond acceptors (Lipinski definition) is 2. The first-order chi connectivity index (χ1) is 7.21. The molecule has 1 aliphatic heterocycles. The maximum atomic E-state index is 2.73. The van der Waals surface area contributed by atoms with Gasteiger partial charge >= 0.3 is 0 Å². The molecule has 3 rings (SSSR count). The Morgan fingerprint density at radius 2 is 2.00 bits per heavy atom. The van der Waals surface area contributed by atoms with Crippen LogP contribution in [0.15, 0.2) is 0 Å². The maximum Gasteiger partial charge on any atom is 0.0164 e. The molecule has 2 unspecified atom stereocenters. The minimum absolute atomic E-state index is 0.694. The predicted octanol–water partition coefficient (Wildman–Crippen LogP) is 1.95. The van der Waals surface area contributed by atoms with E-state index in [1.54, 1.807) is 0 Å². The van der Waals surface area contributed by atoms with Gasteiger partial charge in [-0.05, 0) is 58.2 Å². The van der Waals surface area contributed by atoms with Crippen LogP contribution in [0.5, 0.6) is 0 Å². The molecule has 0 aromatic heterocycles. The van der Waals surface area contributed by atoms with Gasteiger partial charge in [-0.1, -0.05) is 6.42 Å². The van der Waals surface area contributed by atoms with Gasteiger partial charge in [0.15, 0.2) is 0 Å². The molecule has 2 heteroatoms. The van der Waals surface area contributed by atoms with Gasteiger partial charge in [0.2, 0.25) is 0 Å². The van der Waals surface area contributed by atoms with E-state index >= 15 is 0 Å². The Kier molecular flexibility index (Phi) is 2.33. The fraction of sp³-hybridized carbons (Fsp3) is 1.00. The van der Waals surface area contributed by atoms with Crippen molar-refractivity contribution < 1.29 is 0 Å². The molecule has 0 radical (unpaired) electrons. The second-order valence-electron chi connectivity index (χ2n) is 6.15. The summed E-state index contributed by atoms with van der Waals surface area (Å²) in [5, 5.41) is 0. The van der Waals surface area contributed by atoms with Gasteiger partial charge in [-0.2, -0.15) is 0 Å². The molecule has 0 bridgehead atoms. The van der Waals surface area contributed by atoms with Crippen molar-refractivity contribution in [3.63, 3.8) is 0 Å². The summed E-state index contributed by atoms with van der Waals surface area (Å²) in [6.45, 7) is 2.68. The molecule has 0 amide bonds. The van der Waals surface area contributed by atoms with E-state index in [2.05, 4.69) is 23.9 Å². The van der Waals surface area contributed by atoms with E-state index in [-0.39, 0.29) is 0 Å². The first-order valence-electron chi connectivity index (χ1n) is 6.62. The second-order valence-corrected chi connectivity index (χ2v) is 6.15. The number of nitrogens with zero attached hydrogens (tertiary/aromatic N) is 2. The van der Waals surface area contributed by atoms with Crippen LogP contribution in [0.2, 0.25) is 0 Å². The lowest BCUT2D eigenvalue weighted by atomic mass is 9.62. The highest BCUT2D eigenvalue weighted by Gasteiger charge is 2.52. The molecular weight excluding hydrogens is 184 g/mol. The topological polar surface area (TPSA) is 6.48 Å². The number of likely N-dealkylation sites (tertiary alicyclic amines) is 1. The minimum Gasteiger partial charge on any atom is -0.306 e. The summed E-state index contributed by atoms with van der Waals surface area (Å²) in [4.78, 5) is 5.26. The van der Waals surface area contributed by atoms with Crippen molar-refractivity contribution in [2.24, 2.45) is 5.41 Å². The Balaban J connectivity index is 1.66. The molecule has 1 saturated heterocycles. The molecule has 2 atom stereocenters. The SMILES string of the molecule is CN1CCC2(CCC2N(C)C2CCC2)C1. The molecule has 3 fully saturated rings. The van der Waals surface area contributed by atoms with Crippen LogP contribution in [0.25, 0.3) is 0 Å². The van der Waals surface area contributed by atoms with Crippen LogP contribution in [0.4, 0.5) is 0 Å². The maximum absolute atomic E-state index is 2.73. The van der Waals surface area contributed by atoms with E-state index in [9.17, 15) is 0 Å². The van der Waals surface area contributed by atoms with Crippen molar-refractivity contribution in [1.82, 2.24) is 9.80 Å². The first-order valence-corrected chi connectivity index (χ1v) is 6.62. The number of rotatable bonds is 2. The van der Waals surface area contributed by atoms with Crippen molar-refractivity contribution in [3.05, 3.63) is 0 Å². The Bertz CT molecular complexity index is 249. The van der Waals surface area contributed by atoms with E-state index in [0.717, 1.165) is 12.1 Å². The summed E-state index contributed by atoms with van der Waals surface area (Å²) in [6, 6.07) is 1.84. The van der Waals surface area contributed by atoms with Crippen molar-refractivity contribution in [2.75, 3.05) is 27.2 Å². The van der Waals surface area contributed by atoms with Gasteiger partial charge in [-0.25, -0.2) is 0 Å². The lowest BCUT2D eigenvalue weighted by molar-refractivity contribution is -0.0422. The Morgan fingerprint density at radius 1 is 1.20 bits per heavy atom. The van der Waals surface area contributed by atoms with E-state index in [1.807, 2.05) is 0 Å². The van der Waals surface area contributed by atoms with Gasteiger partial charge in [0.1, 0.15) is 0 Å². The molecule has 0 aromatic carbocycles. The summed E-state index contributed by atoms with van der Waals surface area (Å²) in [5.74, 6) is 0. The van der Waals surface area contributed by atoms with Gasteiger partial charge in [0, 0.05) is 18.6 Å². The lowest BCUT2D eigenvalue weighted by Crippen LogP contribution is -2.58. The normalized spacial score (nSPS) is 42.2. The third-order valence-corrected chi connectivity index (χ3v) is 5.34. The summed E-state index contributed by atoms with van der Waals surface area (Å²) in [6.07, 6.45) is 8.78. The molecular formula is C13H24N2. The van der Waals surface area contributed by atoms with E-state index in [1.165, 1.54) is 51.6 Å². The van der Waals surface area contributed by atoms with Crippen LogP contribution < -0.4 is 0 Å². The van der Waals surface area contributed by atoms with Crippen LogP contribution in [0.1, 0.15) is 38.5 Å². The molecule has 1 heterocycles. The summed E-state index contributed by atoms with van der Waals surface area (Å²) >= 11 is 0. The summed E-state index contributed by atoms with van der Waals surface area (Å²) < 4.78 is 0. The monoisotopic (exact) mass is 208 g/mol. The molecule has 1 spiro atoms. The molecule has 15 heavy (non-hydrogen) atoms. The molecule has 86 valence electrons. The molecule has 0 aromatic rings. The molecule has 2 nitrogen and oxygen atoms in total. The van der Waals surface area contributed by atoms with Crippen LogP contribution in [0.3, 0.4) is 0 Å². The van der Waals surface area contributed by atoms with Gasteiger partial charge < -0.3 is 4.90 Å². The largest absolute Gasteiger partial charge is 0.306 e. The predicted molar refractivity (Wildman–Crippen MR) is 63.0 cm³/mol. The zero-order valence-corrected chi connectivity index (χ0v) is 10.2. The average molecular weight is 208 g/mol. The van der Waals surface area contributed by atoms with Crippen LogP contribution in [-0.2, 0) is 0 Å². The van der Waals surface area contributed by atoms with Crippen molar-refractivity contribution in [2.45, 2.75) is 50.6 Å². The van der Waals surface area contributed by atoms with Crippen LogP contribution >= 0.6 is 0 Å². The van der Waals surface area contributed by atoms with Crippen molar-refractivity contribution in [3.8, 4) is 0 Å². The fourth-order valence-corrected chi connectivity index (χ4v) is 3.95. The zero-order valence-electron chi connectivity index (χ0n) is 10.2. The van der Waals surface area contributed by atoms with E-state index < -0.39 is 0 Å². The second kappa shape index (κ2) is 3.46. The smallest absolute Gasteiger partial charge is 0.0164 e. The molecule has 2 saturated carbocycles. The van der Waals surface area contributed by atoms with Crippen LogP contribution in [-0.4, -0.2) is 49.1 Å². The van der Waals surface area contributed by atoms with Crippen molar-refractivity contribution in [1.29, 1.82) is 0 Å². The standard InChI is InChI=1S/C13H24N2/c1-14-9-8-13(10-14)7-6-12(13)15(2)11-4-3-5-11/h11-12H,3-10H2,1-2H3. The Labute approximate surface area is 93.6 Å². The third-order valence-electron chi connectivity index (χ3n) is 5.34. The highest BCUT2D eigenvalue weighted by atomic mass is 15.2. The van der Waals surface area contributed by atoms with Gasteiger partial charge in [0.25, 0.3) is 0 Å².